The van der Waals surface area contributed by atoms with E-state index in [4.69, 9.17) is 5.11 Å². The molecule has 16 heavy (non-hydrogen) atoms. The van der Waals surface area contributed by atoms with Crippen LogP contribution >= 0.6 is 0 Å². The molecule has 1 aliphatic rings. The van der Waals surface area contributed by atoms with E-state index in [2.05, 4.69) is 0 Å². The number of hydrogen-bond acceptors (Lipinski definition) is 2. The van der Waals surface area contributed by atoms with Gasteiger partial charge in [0.25, 0.3) is 0 Å². The van der Waals surface area contributed by atoms with E-state index >= 15 is 0 Å². The van der Waals surface area contributed by atoms with Gasteiger partial charge in [-0.2, -0.15) is 13.2 Å². The average molecular weight is 240 g/mol. The van der Waals surface area contributed by atoms with E-state index in [1.807, 2.05) is 6.92 Å². The number of halogens is 3. The van der Waals surface area contributed by atoms with Gasteiger partial charge in [0.1, 0.15) is 6.10 Å². The van der Waals surface area contributed by atoms with E-state index < -0.39 is 24.3 Å². The zero-order valence-corrected chi connectivity index (χ0v) is 9.37. The minimum Gasteiger partial charge on any atom is -0.393 e. The Labute approximate surface area is 93.5 Å². The summed E-state index contributed by atoms with van der Waals surface area (Å²) in [4.78, 5) is 0. The van der Waals surface area contributed by atoms with Crippen molar-refractivity contribution in [3.05, 3.63) is 0 Å². The number of aliphatic hydroxyl groups is 2. The van der Waals surface area contributed by atoms with Crippen LogP contribution in [0.25, 0.3) is 0 Å². The van der Waals surface area contributed by atoms with Gasteiger partial charge in [-0.05, 0) is 37.5 Å². The predicted octanol–water partition coefficient (Wildman–Crippen LogP) is 2.49. The molecule has 0 bridgehead atoms. The van der Waals surface area contributed by atoms with E-state index in [9.17, 15) is 18.3 Å². The summed E-state index contributed by atoms with van der Waals surface area (Å²) in [5, 5.41) is 18.6. The Hall–Kier alpha value is -0.290. The molecule has 0 heterocycles. The number of alkyl halides is 3. The van der Waals surface area contributed by atoms with Crippen LogP contribution in [-0.2, 0) is 0 Å². The largest absolute Gasteiger partial charge is 0.414 e. The van der Waals surface area contributed by atoms with Crippen molar-refractivity contribution < 1.29 is 23.4 Å². The minimum atomic E-state index is -4.57. The van der Waals surface area contributed by atoms with Gasteiger partial charge in [0.05, 0.1) is 6.10 Å². The summed E-state index contributed by atoms with van der Waals surface area (Å²) < 4.78 is 36.5. The SMILES string of the molecule is CCC1CCC(O)C(CC(O)C(F)(F)F)C1. The first-order valence-corrected chi connectivity index (χ1v) is 5.77. The fourth-order valence-corrected chi connectivity index (χ4v) is 2.39. The molecule has 0 amide bonds. The van der Waals surface area contributed by atoms with Crippen molar-refractivity contribution in [2.24, 2.45) is 11.8 Å². The summed E-state index contributed by atoms with van der Waals surface area (Å²) in [6.45, 7) is 2.00. The summed E-state index contributed by atoms with van der Waals surface area (Å²) in [6.07, 6.45) is -5.01. The standard InChI is InChI=1S/C11H19F3O2/c1-2-7-3-4-9(15)8(5-7)6-10(16)11(12,13)14/h7-10,15-16H,2-6H2,1H3. The number of aliphatic hydroxyl groups excluding tert-OH is 2. The van der Waals surface area contributed by atoms with Gasteiger partial charge in [0.2, 0.25) is 0 Å². The highest BCUT2D eigenvalue weighted by molar-refractivity contribution is 4.82. The van der Waals surface area contributed by atoms with Gasteiger partial charge in [-0.1, -0.05) is 13.3 Å². The number of hydrogen-bond donors (Lipinski definition) is 2. The molecule has 0 spiro atoms. The molecule has 0 aromatic rings. The van der Waals surface area contributed by atoms with E-state index in [0.717, 1.165) is 12.8 Å². The molecule has 96 valence electrons. The lowest BCUT2D eigenvalue weighted by atomic mass is 9.76. The second-order valence-electron chi connectivity index (χ2n) is 4.71. The summed E-state index contributed by atoms with van der Waals surface area (Å²) >= 11 is 0. The highest BCUT2D eigenvalue weighted by atomic mass is 19.4. The average Bonchev–Trinajstić information content (AvgIpc) is 2.19. The van der Waals surface area contributed by atoms with Crippen LogP contribution < -0.4 is 0 Å². The molecule has 0 aliphatic heterocycles. The molecule has 0 radical (unpaired) electrons. The molecule has 1 saturated carbocycles. The summed E-state index contributed by atoms with van der Waals surface area (Å²) in [5.41, 5.74) is 0. The highest BCUT2D eigenvalue weighted by Gasteiger charge is 2.41. The van der Waals surface area contributed by atoms with Crippen molar-refractivity contribution in [2.75, 3.05) is 0 Å². The zero-order valence-electron chi connectivity index (χ0n) is 9.37. The van der Waals surface area contributed by atoms with Gasteiger partial charge in [-0.25, -0.2) is 0 Å². The van der Waals surface area contributed by atoms with E-state index in [-0.39, 0.29) is 6.42 Å². The monoisotopic (exact) mass is 240 g/mol. The van der Waals surface area contributed by atoms with E-state index in [0.29, 0.717) is 18.8 Å². The molecule has 1 aliphatic carbocycles. The molecule has 4 unspecified atom stereocenters. The Morgan fingerprint density at radius 2 is 1.94 bits per heavy atom. The Bertz CT molecular complexity index is 218. The minimum absolute atomic E-state index is 0.374. The Morgan fingerprint density at radius 3 is 2.44 bits per heavy atom. The molecule has 0 aromatic carbocycles. The van der Waals surface area contributed by atoms with Gasteiger partial charge in [-0.3, -0.25) is 0 Å². The van der Waals surface area contributed by atoms with Crippen molar-refractivity contribution in [1.29, 1.82) is 0 Å². The Kier molecular flexibility index (Phi) is 4.62. The van der Waals surface area contributed by atoms with Gasteiger partial charge >= 0.3 is 6.18 Å². The highest BCUT2D eigenvalue weighted by Crippen LogP contribution is 2.36. The second-order valence-corrected chi connectivity index (χ2v) is 4.71. The smallest absolute Gasteiger partial charge is 0.393 e. The van der Waals surface area contributed by atoms with Crippen LogP contribution in [0.3, 0.4) is 0 Å². The molecular weight excluding hydrogens is 221 g/mol. The summed E-state index contributed by atoms with van der Waals surface area (Å²) in [7, 11) is 0. The predicted molar refractivity (Wildman–Crippen MR) is 53.8 cm³/mol. The molecule has 2 N–H and O–H groups in total. The first-order chi connectivity index (χ1) is 7.34. The Balaban J connectivity index is 2.51. The number of rotatable bonds is 3. The molecule has 2 nitrogen and oxygen atoms in total. The van der Waals surface area contributed by atoms with Crippen molar-refractivity contribution in [3.63, 3.8) is 0 Å². The topological polar surface area (TPSA) is 40.5 Å². The van der Waals surface area contributed by atoms with Gasteiger partial charge < -0.3 is 10.2 Å². The third-order valence-electron chi connectivity index (χ3n) is 3.53. The van der Waals surface area contributed by atoms with Crippen molar-refractivity contribution in [2.45, 2.75) is 57.4 Å². The lowest BCUT2D eigenvalue weighted by Crippen LogP contribution is -2.37. The third kappa shape index (κ3) is 3.63. The van der Waals surface area contributed by atoms with Crippen LogP contribution in [0.15, 0.2) is 0 Å². The van der Waals surface area contributed by atoms with Crippen LogP contribution in [0.5, 0.6) is 0 Å². The first kappa shape index (κ1) is 13.8. The molecule has 0 saturated heterocycles. The maximum Gasteiger partial charge on any atom is 0.414 e. The van der Waals surface area contributed by atoms with Crippen molar-refractivity contribution in [1.82, 2.24) is 0 Å². The quantitative estimate of drug-likeness (QED) is 0.795. The van der Waals surface area contributed by atoms with Gasteiger partial charge in [0, 0.05) is 0 Å². The third-order valence-corrected chi connectivity index (χ3v) is 3.53. The molecule has 0 aromatic heterocycles. The van der Waals surface area contributed by atoms with Crippen LogP contribution in [0, 0.1) is 11.8 Å². The molecule has 4 atom stereocenters. The first-order valence-electron chi connectivity index (χ1n) is 5.77. The van der Waals surface area contributed by atoms with Gasteiger partial charge in [0.15, 0.2) is 0 Å². The maximum absolute atomic E-state index is 12.2. The van der Waals surface area contributed by atoms with Crippen LogP contribution in [0.2, 0.25) is 0 Å². The fourth-order valence-electron chi connectivity index (χ4n) is 2.39. The molecule has 1 fully saturated rings. The molecule has 1 rings (SSSR count). The molecular formula is C11H19F3O2. The molecule has 5 heteroatoms. The van der Waals surface area contributed by atoms with E-state index in [1.54, 1.807) is 0 Å². The lowest BCUT2D eigenvalue weighted by molar-refractivity contribution is -0.211. The van der Waals surface area contributed by atoms with Crippen LogP contribution in [0.1, 0.15) is 39.0 Å². The maximum atomic E-state index is 12.2. The second kappa shape index (κ2) is 5.36. The van der Waals surface area contributed by atoms with Crippen LogP contribution in [-0.4, -0.2) is 28.6 Å². The normalized spacial score (nSPS) is 33.8. The summed E-state index contributed by atoms with van der Waals surface area (Å²) in [6, 6.07) is 0. The zero-order chi connectivity index (χ0) is 12.3. The lowest BCUT2D eigenvalue weighted by Gasteiger charge is -2.34. The Morgan fingerprint density at radius 1 is 1.31 bits per heavy atom. The summed E-state index contributed by atoms with van der Waals surface area (Å²) in [5.74, 6) is -0.0378. The van der Waals surface area contributed by atoms with Gasteiger partial charge in [-0.15, -0.1) is 0 Å². The van der Waals surface area contributed by atoms with E-state index in [1.165, 1.54) is 0 Å². The fraction of sp³-hybridized carbons (Fsp3) is 1.00. The van der Waals surface area contributed by atoms with Crippen molar-refractivity contribution in [3.8, 4) is 0 Å². The van der Waals surface area contributed by atoms with Crippen molar-refractivity contribution >= 4 is 0 Å². The van der Waals surface area contributed by atoms with Crippen LogP contribution in [0.4, 0.5) is 13.2 Å².